The number of rotatable bonds is 4. The van der Waals surface area contributed by atoms with E-state index in [4.69, 9.17) is 10.2 Å². The van der Waals surface area contributed by atoms with Crippen LogP contribution in [0, 0.1) is 0 Å². The Morgan fingerprint density at radius 3 is 2.13 bits per heavy atom. The van der Waals surface area contributed by atoms with E-state index in [1.165, 1.54) is 32.1 Å². The van der Waals surface area contributed by atoms with Crippen molar-refractivity contribution in [2.45, 2.75) is 13.8 Å². The lowest BCUT2D eigenvalue weighted by Gasteiger charge is -2.08. The first-order chi connectivity index (χ1) is 10.8. The van der Waals surface area contributed by atoms with Gasteiger partial charge in [-0.05, 0) is 54.6 Å². The van der Waals surface area contributed by atoms with Gasteiger partial charge in [0, 0.05) is 16.5 Å². The summed E-state index contributed by atoms with van der Waals surface area (Å²) < 4.78 is 0. The second-order valence-corrected chi connectivity index (χ2v) is 5.25. The van der Waals surface area contributed by atoms with E-state index < -0.39 is 11.9 Å². The molecule has 0 spiro atoms. The fraction of sp³-hybridized carbons (Fsp3) is 0.111. The number of fused-ring (bicyclic) bond motifs is 1. The number of benzene rings is 2. The third kappa shape index (κ3) is 3.58. The molecule has 23 heavy (non-hydrogen) atoms. The summed E-state index contributed by atoms with van der Waals surface area (Å²) >= 11 is 0. The van der Waals surface area contributed by atoms with Crippen LogP contribution in [0.2, 0.25) is 0 Å². The van der Waals surface area contributed by atoms with Gasteiger partial charge in [-0.2, -0.15) is 0 Å². The molecule has 0 aliphatic rings. The highest BCUT2D eigenvalue weighted by Gasteiger charge is 2.08. The minimum Gasteiger partial charge on any atom is -0.507 e. The van der Waals surface area contributed by atoms with Gasteiger partial charge in [0.2, 0.25) is 0 Å². The van der Waals surface area contributed by atoms with Crippen LogP contribution in [-0.2, 0) is 9.59 Å². The normalized spacial score (nSPS) is 12.4. The van der Waals surface area contributed by atoms with E-state index in [-0.39, 0.29) is 16.9 Å². The summed E-state index contributed by atoms with van der Waals surface area (Å²) in [7, 11) is 0. The first kappa shape index (κ1) is 16.3. The van der Waals surface area contributed by atoms with Crippen LogP contribution >= 0.6 is 0 Å². The standard InChI is InChI=1S/C18H16O5/c1-10(17(20)21)6-12-8-15-13(7-11(2)18(22)23)4-3-5-14(15)16(19)9-12/h3-9,19H,1-2H3,(H,20,21)(H,22,23)/b10-6+,11-7+. The molecule has 2 aromatic carbocycles. The monoisotopic (exact) mass is 312 g/mol. The minimum atomic E-state index is -1.04. The molecular weight excluding hydrogens is 296 g/mol. The van der Waals surface area contributed by atoms with Crippen molar-refractivity contribution in [2.24, 2.45) is 0 Å². The number of carboxylic acids is 2. The lowest BCUT2D eigenvalue weighted by atomic mass is 9.98. The molecule has 0 fully saturated rings. The molecule has 0 unspecified atom stereocenters. The second kappa shape index (κ2) is 6.36. The maximum atomic E-state index is 11.0. The molecule has 0 radical (unpaired) electrons. The summed E-state index contributed by atoms with van der Waals surface area (Å²) in [5, 5.41) is 29.3. The van der Waals surface area contributed by atoms with E-state index in [0.29, 0.717) is 21.9 Å². The average molecular weight is 312 g/mol. The van der Waals surface area contributed by atoms with Crippen LogP contribution < -0.4 is 0 Å². The van der Waals surface area contributed by atoms with Crippen molar-refractivity contribution in [2.75, 3.05) is 0 Å². The molecule has 118 valence electrons. The third-order valence-electron chi connectivity index (χ3n) is 3.46. The van der Waals surface area contributed by atoms with E-state index >= 15 is 0 Å². The largest absolute Gasteiger partial charge is 0.507 e. The van der Waals surface area contributed by atoms with E-state index in [9.17, 15) is 14.7 Å². The quantitative estimate of drug-likeness (QED) is 0.751. The topological polar surface area (TPSA) is 94.8 Å². The molecule has 0 saturated carbocycles. The summed E-state index contributed by atoms with van der Waals surface area (Å²) in [5.41, 5.74) is 1.47. The number of phenolic OH excluding ortho intramolecular Hbond substituents is 1. The van der Waals surface area contributed by atoms with E-state index in [1.807, 2.05) is 0 Å². The fourth-order valence-electron chi connectivity index (χ4n) is 2.23. The van der Waals surface area contributed by atoms with Gasteiger partial charge >= 0.3 is 11.9 Å². The van der Waals surface area contributed by atoms with Crippen molar-refractivity contribution in [3.05, 3.63) is 52.6 Å². The Bertz CT molecular complexity index is 859. The second-order valence-electron chi connectivity index (χ2n) is 5.25. The molecule has 2 rings (SSSR count). The molecule has 0 aliphatic carbocycles. The predicted octanol–water partition coefficient (Wildman–Crippen LogP) is 3.52. The molecule has 0 aromatic heterocycles. The van der Waals surface area contributed by atoms with Crippen LogP contribution in [0.4, 0.5) is 0 Å². The Hall–Kier alpha value is -3.08. The molecule has 5 heteroatoms. The van der Waals surface area contributed by atoms with Crippen LogP contribution in [0.25, 0.3) is 22.9 Å². The Balaban J connectivity index is 2.70. The number of hydrogen-bond donors (Lipinski definition) is 3. The van der Waals surface area contributed by atoms with Crippen molar-refractivity contribution >= 4 is 34.9 Å². The van der Waals surface area contributed by atoms with Crippen LogP contribution in [-0.4, -0.2) is 27.3 Å². The first-order valence-corrected chi connectivity index (χ1v) is 6.88. The molecule has 0 heterocycles. The SMILES string of the molecule is C/C(=C\c1cc(O)c2cccc(/C=C(\C)C(=O)O)c2c1)C(=O)O. The zero-order chi connectivity index (χ0) is 17.1. The smallest absolute Gasteiger partial charge is 0.331 e. The maximum absolute atomic E-state index is 11.0. The average Bonchev–Trinajstić information content (AvgIpc) is 2.47. The number of hydrogen-bond acceptors (Lipinski definition) is 3. The number of phenols is 1. The molecular formula is C18H16O5. The number of carbonyl (C=O) groups is 2. The highest BCUT2D eigenvalue weighted by Crippen LogP contribution is 2.31. The van der Waals surface area contributed by atoms with Crippen molar-refractivity contribution in [3.63, 3.8) is 0 Å². The summed E-state index contributed by atoms with van der Waals surface area (Å²) in [5.74, 6) is -2.06. The minimum absolute atomic E-state index is 0.00941. The van der Waals surface area contributed by atoms with Gasteiger partial charge in [0.05, 0.1) is 0 Å². The van der Waals surface area contributed by atoms with Crippen LogP contribution in [0.5, 0.6) is 5.75 Å². The molecule has 0 amide bonds. The lowest BCUT2D eigenvalue weighted by molar-refractivity contribution is -0.133. The summed E-state index contributed by atoms with van der Waals surface area (Å²) in [6.45, 7) is 2.95. The molecule has 0 atom stereocenters. The Morgan fingerprint density at radius 1 is 0.913 bits per heavy atom. The third-order valence-corrected chi connectivity index (χ3v) is 3.46. The van der Waals surface area contributed by atoms with E-state index in [0.717, 1.165) is 0 Å². The van der Waals surface area contributed by atoms with Crippen molar-refractivity contribution in [1.82, 2.24) is 0 Å². The van der Waals surface area contributed by atoms with Crippen LogP contribution in [0.3, 0.4) is 0 Å². The summed E-state index contributed by atoms with van der Waals surface area (Å²) in [6.07, 6.45) is 2.97. The highest BCUT2D eigenvalue weighted by molar-refractivity contribution is 6.00. The summed E-state index contributed by atoms with van der Waals surface area (Å²) in [6, 6.07) is 8.39. The van der Waals surface area contributed by atoms with E-state index in [2.05, 4.69) is 0 Å². The number of aromatic hydroxyl groups is 1. The number of carboxylic acid groups (broad SMARTS) is 2. The van der Waals surface area contributed by atoms with Crippen molar-refractivity contribution in [3.8, 4) is 5.75 Å². The molecule has 3 N–H and O–H groups in total. The van der Waals surface area contributed by atoms with Gasteiger partial charge in [0.15, 0.2) is 0 Å². The number of aliphatic carboxylic acids is 2. The van der Waals surface area contributed by atoms with Gasteiger partial charge in [-0.3, -0.25) is 0 Å². The first-order valence-electron chi connectivity index (χ1n) is 6.88. The van der Waals surface area contributed by atoms with Crippen LogP contribution in [0.15, 0.2) is 41.5 Å². The maximum Gasteiger partial charge on any atom is 0.331 e. The molecule has 0 bridgehead atoms. The molecule has 0 saturated heterocycles. The zero-order valence-electron chi connectivity index (χ0n) is 12.7. The van der Waals surface area contributed by atoms with Gasteiger partial charge in [-0.25, -0.2) is 9.59 Å². The predicted molar refractivity (Wildman–Crippen MR) is 88.2 cm³/mol. The molecule has 0 aliphatic heterocycles. The van der Waals surface area contributed by atoms with Crippen LogP contribution in [0.1, 0.15) is 25.0 Å². The van der Waals surface area contributed by atoms with Gasteiger partial charge in [-0.15, -0.1) is 0 Å². The van der Waals surface area contributed by atoms with Crippen molar-refractivity contribution < 1.29 is 24.9 Å². The fourth-order valence-corrected chi connectivity index (χ4v) is 2.23. The Morgan fingerprint density at radius 2 is 1.52 bits per heavy atom. The molecule has 2 aromatic rings. The van der Waals surface area contributed by atoms with Gasteiger partial charge in [0.1, 0.15) is 5.75 Å². The van der Waals surface area contributed by atoms with Gasteiger partial charge in [0.25, 0.3) is 0 Å². The Labute approximate surface area is 132 Å². The zero-order valence-corrected chi connectivity index (χ0v) is 12.7. The Kier molecular flexibility index (Phi) is 4.50. The van der Waals surface area contributed by atoms with Gasteiger partial charge < -0.3 is 15.3 Å². The lowest BCUT2D eigenvalue weighted by Crippen LogP contribution is -1.96. The van der Waals surface area contributed by atoms with Gasteiger partial charge in [-0.1, -0.05) is 18.2 Å². The van der Waals surface area contributed by atoms with Crippen molar-refractivity contribution in [1.29, 1.82) is 0 Å². The summed E-state index contributed by atoms with van der Waals surface area (Å²) in [4.78, 5) is 21.9. The van der Waals surface area contributed by atoms with E-state index in [1.54, 1.807) is 24.3 Å². The highest BCUT2D eigenvalue weighted by atomic mass is 16.4. The molecule has 5 nitrogen and oxygen atoms in total.